The summed E-state index contributed by atoms with van der Waals surface area (Å²) in [5.41, 5.74) is 6.54. The summed E-state index contributed by atoms with van der Waals surface area (Å²) in [7, 11) is 1.33. The number of fused-ring (bicyclic) bond motifs is 3. The molecule has 0 spiro atoms. The normalized spacial score (nSPS) is 14.4. The van der Waals surface area contributed by atoms with Crippen molar-refractivity contribution >= 4 is 43.7 Å². The lowest BCUT2D eigenvalue weighted by Gasteiger charge is -2.31. The van der Waals surface area contributed by atoms with Gasteiger partial charge in [0.2, 0.25) is 0 Å². The van der Waals surface area contributed by atoms with Gasteiger partial charge in [0, 0.05) is 73.4 Å². The zero-order valence-corrected chi connectivity index (χ0v) is 24.0. The van der Waals surface area contributed by atoms with E-state index in [1.807, 2.05) is 60.8 Å². The van der Waals surface area contributed by atoms with Gasteiger partial charge >= 0.3 is 10.2 Å². The number of aromatic nitrogens is 2. The molecule has 1 N–H and O–H groups in total. The Morgan fingerprint density at radius 2 is 1.63 bits per heavy atom. The molecule has 2 aromatic heterocycles. The number of hydrogen-bond donors (Lipinski definition) is 1. The van der Waals surface area contributed by atoms with Gasteiger partial charge in [-0.2, -0.15) is 12.7 Å². The van der Waals surface area contributed by atoms with Gasteiger partial charge in [-0.1, -0.05) is 42.5 Å². The lowest BCUT2D eigenvalue weighted by Crippen LogP contribution is -2.47. The molecule has 0 atom stereocenters. The van der Waals surface area contributed by atoms with Crippen LogP contribution in [0.25, 0.3) is 44.2 Å². The van der Waals surface area contributed by atoms with E-state index in [1.165, 1.54) is 8.61 Å². The second-order valence-electron chi connectivity index (χ2n) is 10.3. The van der Waals surface area contributed by atoms with E-state index >= 15 is 0 Å². The maximum Gasteiger partial charge on any atom is 0.303 e. The van der Waals surface area contributed by atoms with E-state index in [9.17, 15) is 13.2 Å². The van der Waals surface area contributed by atoms with Crippen molar-refractivity contribution < 1.29 is 17.9 Å². The molecular formula is C31H31N5O4S. The number of nitrogens with one attached hydrogen (secondary N) is 1. The second-order valence-corrected chi connectivity index (χ2v) is 12.2. The van der Waals surface area contributed by atoms with E-state index in [1.54, 1.807) is 32.1 Å². The zero-order valence-electron chi connectivity index (χ0n) is 23.2. The Kier molecular flexibility index (Phi) is 6.98. The Hall–Kier alpha value is -4.25. The summed E-state index contributed by atoms with van der Waals surface area (Å²) < 4.78 is 35.0. The second kappa shape index (κ2) is 10.6. The molecule has 210 valence electrons. The fraction of sp³-hybridized carbons (Fsp3) is 0.226. The highest BCUT2D eigenvalue weighted by Gasteiger charge is 2.29. The van der Waals surface area contributed by atoms with Gasteiger partial charge in [0.25, 0.3) is 5.91 Å². The third-order valence-electron chi connectivity index (χ3n) is 7.52. The van der Waals surface area contributed by atoms with Crippen molar-refractivity contribution in [2.75, 3.05) is 51.8 Å². The lowest BCUT2D eigenvalue weighted by atomic mass is 9.92. The smallest absolute Gasteiger partial charge is 0.303 e. The number of aromatic amines is 1. The number of rotatable bonds is 6. The number of morpholine rings is 1. The van der Waals surface area contributed by atoms with E-state index in [0.29, 0.717) is 43.2 Å². The summed E-state index contributed by atoms with van der Waals surface area (Å²) >= 11 is 0. The van der Waals surface area contributed by atoms with E-state index in [0.717, 1.165) is 38.5 Å². The average Bonchev–Trinajstić information content (AvgIpc) is 3.38. The van der Waals surface area contributed by atoms with Crippen molar-refractivity contribution in [3.8, 4) is 22.3 Å². The van der Waals surface area contributed by atoms with E-state index in [-0.39, 0.29) is 5.91 Å². The van der Waals surface area contributed by atoms with Gasteiger partial charge in [-0.05, 0) is 41.5 Å². The maximum atomic E-state index is 13.4. The highest BCUT2D eigenvalue weighted by atomic mass is 32.2. The third-order valence-corrected chi connectivity index (χ3v) is 9.44. The van der Waals surface area contributed by atoms with Crippen LogP contribution in [0.1, 0.15) is 10.4 Å². The number of amides is 1. The lowest BCUT2D eigenvalue weighted by molar-refractivity contribution is 0.0730. The monoisotopic (exact) mass is 569 g/mol. The first-order valence-corrected chi connectivity index (χ1v) is 14.8. The van der Waals surface area contributed by atoms with Gasteiger partial charge in [-0.15, -0.1) is 0 Å². The predicted octanol–water partition coefficient (Wildman–Crippen LogP) is 4.77. The van der Waals surface area contributed by atoms with Crippen LogP contribution in [0.5, 0.6) is 0 Å². The number of benzene rings is 3. The van der Waals surface area contributed by atoms with Crippen molar-refractivity contribution in [1.82, 2.24) is 19.2 Å². The molecule has 9 nitrogen and oxygen atoms in total. The number of anilines is 1. The molecule has 1 aliphatic heterocycles. The zero-order chi connectivity index (χ0) is 28.7. The predicted molar refractivity (Wildman–Crippen MR) is 162 cm³/mol. The van der Waals surface area contributed by atoms with Gasteiger partial charge in [0.05, 0.1) is 18.9 Å². The quantitative estimate of drug-likeness (QED) is 0.318. The summed E-state index contributed by atoms with van der Waals surface area (Å²) in [5, 5.41) is 1.77. The van der Waals surface area contributed by atoms with Crippen LogP contribution in [-0.2, 0) is 14.9 Å². The minimum absolute atomic E-state index is 0.0614. The molecule has 1 fully saturated rings. The molecule has 3 aromatic carbocycles. The first-order chi connectivity index (χ1) is 19.8. The highest BCUT2D eigenvalue weighted by molar-refractivity contribution is 7.90. The summed E-state index contributed by atoms with van der Waals surface area (Å²) in [6.07, 6.45) is 1.85. The van der Waals surface area contributed by atoms with Crippen molar-refractivity contribution in [1.29, 1.82) is 0 Å². The minimum atomic E-state index is -3.72. The van der Waals surface area contributed by atoms with Gasteiger partial charge in [0.1, 0.15) is 5.65 Å². The highest BCUT2D eigenvalue weighted by Crippen LogP contribution is 2.41. The Morgan fingerprint density at radius 1 is 0.927 bits per heavy atom. The molecule has 1 aliphatic rings. The first-order valence-electron chi connectivity index (χ1n) is 13.4. The van der Waals surface area contributed by atoms with Gasteiger partial charge in [0.15, 0.2) is 0 Å². The van der Waals surface area contributed by atoms with Crippen LogP contribution in [0.2, 0.25) is 0 Å². The number of pyridine rings is 1. The molecule has 0 aliphatic carbocycles. The number of hydrogen-bond acceptors (Lipinski definition) is 5. The largest absolute Gasteiger partial charge is 0.379 e. The fourth-order valence-corrected chi connectivity index (χ4v) is 6.63. The molecule has 0 saturated carbocycles. The summed E-state index contributed by atoms with van der Waals surface area (Å²) in [6, 6.07) is 23.2. The molecule has 6 rings (SSSR count). The number of carbonyl (C=O) groups is 1. The van der Waals surface area contributed by atoms with Gasteiger partial charge in [-0.25, -0.2) is 4.98 Å². The van der Waals surface area contributed by atoms with E-state index in [4.69, 9.17) is 9.72 Å². The van der Waals surface area contributed by atoms with Gasteiger partial charge < -0.3 is 14.6 Å². The molecule has 41 heavy (non-hydrogen) atoms. The van der Waals surface area contributed by atoms with Crippen LogP contribution in [0.15, 0.2) is 79.0 Å². The van der Waals surface area contributed by atoms with Crippen LogP contribution >= 0.6 is 0 Å². The summed E-state index contributed by atoms with van der Waals surface area (Å²) in [4.78, 5) is 22.2. The standard InChI is InChI=1S/C31H31N5O4S/c1-34(2)31(37)23-11-9-21(10-12-23)26-20-32-30-29(28(26)22-7-5-4-6-8-22)25-19-24(13-14-27(25)33-30)35(3)41(38,39)36-15-17-40-18-16-36/h4-14,19-20H,15-18H2,1-3H3,(H,32,33). The Balaban J connectivity index is 1.53. The number of carbonyl (C=O) groups excluding carboxylic acids is 1. The van der Waals surface area contributed by atoms with Gasteiger partial charge in [-0.3, -0.25) is 9.10 Å². The molecule has 0 bridgehead atoms. The maximum absolute atomic E-state index is 13.4. The number of H-pyrrole nitrogens is 1. The first kappa shape index (κ1) is 26.9. The van der Waals surface area contributed by atoms with E-state index < -0.39 is 10.2 Å². The molecule has 1 saturated heterocycles. The van der Waals surface area contributed by atoms with Crippen molar-refractivity contribution in [3.05, 3.63) is 84.6 Å². The Bertz CT molecular complexity index is 1850. The summed E-state index contributed by atoms with van der Waals surface area (Å²) in [5.74, 6) is -0.0614. The van der Waals surface area contributed by atoms with Crippen LogP contribution in [0.3, 0.4) is 0 Å². The number of ether oxygens (including phenoxy) is 1. The SMILES string of the molecule is CN(C)C(=O)c1ccc(-c2cnc3[nH]c4ccc(N(C)S(=O)(=O)N5CCOCC5)cc4c3c2-c2ccccc2)cc1. The average molecular weight is 570 g/mol. The molecule has 3 heterocycles. The molecule has 0 unspecified atom stereocenters. The fourth-order valence-electron chi connectivity index (χ4n) is 5.30. The summed E-state index contributed by atoms with van der Waals surface area (Å²) in [6.45, 7) is 1.42. The Labute approximate surface area is 239 Å². The van der Waals surface area contributed by atoms with Crippen LogP contribution in [0, 0.1) is 0 Å². The van der Waals surface area contributed by atoms with Crippen LogP contribution in [-0.4, -0.2) is 80.9 Å². The third kappa shape index (κ3) is 4.84. The van der Waals surface area contributed by atoms with Crippen molar-refractivity contribution in [2.24, 2.45) is 0 Å². The number of nitrogens with zero attached hydrogens (tertiary/aromatic N) is 4. The van der Waals surface area contributed by atoms with Crippen molar-refractivity contribution in [2.45, 2.75) is 0 Å². The van der Waals surface area contributed by atoms with Crippen molar-refractivity contribution in [3.63, 3.8) is 0 Å². The van der Waals surface area contributed by atoms with Crippen LogP contribution < -0.4 is 4.31 Å². The topological polar surface area (TPSA) is 98.8 Å². The molecular weight excluding hydrogens is 538 g/mol. The van der Waals surface area contributed by atoms with Crippen LogP contribution in [0.4, 0.5) is 5.69 Å². The molecule has 5 aromatic rings. The minimum Gasteiger partial charge on any atom is -0.379 e. The molecule has 0 radical (unpaired) electrons. The molecule has 10 heteroatoms. The Morgan fingerprint density at radius 3 is 2.32 bits per heavy atom. The van der Waals surface area contributed by atoms with E-state index in [2.05, 4.69) is 17.1 Å². The molecule has 1 amide bonds.